The highest BCUT2D eigenvalue weighted by molar-refractivity contribution is 5.67. The van der Waals surface area contributed by atoms with Gasteiger partial charge in [-0.2, -0.15) is 9.97 Å². The summed E-state index contributed by atoms with van der Waals surface area (Å²) in [7, 11) is 0. The van der Waals surface area contributed by atoms with Crippen molar-refractivity contribution in [1.82, 2.24) is 19.7 Å². The van der Waals surface area contributed by atoms with Gasteiger partial charge in [0.2, 0.25) is 17.6 Å². The van der Waals surface area contributed by atoms with Crippen LogP contribution in [0.25, 0.3) is 11.3 Å². The van der Waals surface area contributed by atoms with Gasteiger partial charge in [0.15, 0.2) is 6.61 Å². The van der Waals surface area contributed by atoms with Gasteiger partial charge in [0.1, 0.15) is 18.5 Å². The lowest BCUT2D eigenvalue weighted by molar-refractivity contribution is -0.102. The van der Waals surface area contributed by atoms with Crippen LogP contribution in [-0.4, -0.2) is 52.2 Å². The maximum absolute atomic E-state index is 12.6. The van der Waals surface area contributed by atoms with Crippen LogP contribution in [0.2, 0.25) is 0 Å². The van der Waals surface area contributed by atoms with E-state index in [0.717, 1.165) is 16.8 Å². The molecule has 0 spiro atoms. The van der Waals surface area contributed by atoms with Crippen molar-refractivity contribution in [1.29, 1.82) is 0 Å². The first-order valence-corrected chi connectivity index (χ1v) is 10.7. The lowest BCUT2D eigenvalue weighted by Crippen LogP contribution is -2.34. The zero-order valence-corrected chi connectivity index (χ0v) is 17.8. The van der Waals surface area contributed by atoms with Crippen LogP contribution in [0.4, 0.5) is 0 Å². The van der Waals surface area contributed by atoms with Crippen LogP contribution >= 0.6 is 0 Å². The molecule has 1 atom stereocenters. The Morgan fingerprint density at radius 1 is 1.19 bits per heavy atom. The summed E-state index contributed by atoms with van der Waals surface area (Å²) in [4.78, 5) is 20.9. The fourth-order valence-corrected chi connectivity index (χ4v) is 3.80. The Balaban J connectivity index is 1.32. The van der Waals surface area contributed by atoms with E-state index in [9.17, 15) is 4.79 Å². The minimum atomic E-state index is -0.326. The Hall–Kier alpha value is -3.24. The predicted molar refractivity (Wildman–Crippen MR) is 112 cm³/mol. The first kappa shape index (κ1) is 20.7. The molecular weight excluding hydrogens is 416 g/mol. The fraction of sp³-hybridized carbons (Fsp3) is 0.455. The third kappa shape index (κ3) is 4.37. The summed E-state index contributed by atoms with van der Waals surface area (Å²) in [5.41, 5.74) is 2.50. The minimum Gasteiger partial charge on any atom is -0.485 e. The molecule has 0 N–H and O–H groups in total. The third-order valence-electron chi connectivity index (χ3n) is 5.43. The molecule has 0 bridgehead atoms. The lowest BCUT2D eigenvalue weighted by atomic mass is 9.97. The number of aryl methyl sites for hydroxylation is 2. The molecule has 3 aromatic rings. The number of rotatable bonds is 7. The summed E-state index contributed by atoms with van der Waals surface area (Å²) < 4.78 is 29.3. The third-order valence-corrected chi connectivity index (χ3v) is 5.43. The zero-order valence-electron chi connectivity index (χ0n) is 17.8. The number of hydrogen-bond donors (Lipinski definition) is 0. The highest BCUT2D eigenvalue weighted by atomic mass is 16.6. The summed E-state index contributed by atoms with van der Waals surface area (Å²) in [6, 6.07) is 7.60. The second-order valence-electron chi connectivity index (χ2n) is 7.61. The van der Waals surface area contributed by atoms with Crippen LogP contribution in [0.5, 0.6) is 11.6 Å². The average Bonchev–Trinajstić information content (AvgIpc) is 3.30. The van der Waals surface area contributed by atoms with Crippen LogP contribution < -0.4 is 15.2 Å². The van der Waals surface area contributed by atoms with Crippen molar-refractivity contribution in [2.24, 2.45) is 0 Å². The molecule has 32 heavy (non-hydrogen) atoms. The second kappa shape index (κ2) is 9.09. The van der Waals surface area contributed by atoms with Gasteiger partial charge in [0, 0.05) is 24.6 Å². The van der Waals surface area contributed by atoms with Crippen LogP contribution in [0.15, 0.2) is 33.6 Å². The molecule has 1 fully saturated rings. The maximum Gasteiger partial charge on any atom is 0.351 e. The first-order valence-electron chi connectivity index (χ1n) is 10.7. The average molecular weight is 440 g/mol. The van der Waals surface area contributed by atoms with Gasteiger partial charge in [-0.25, -0.2) is 4.79 Å². The Morgan fingerprint density at radius 3 is 2.94 bits per heavy atom. The molecule has 1 aromatic carbocycles. The highest BCUT2D eigenvalue weighted by Gasteiger charge is 2.21. The van der Waals surface area contributed by atoms with E-state index in [2.05, 4.69) is 15.1 Å². The van der Waals surface area contributed by atoms with Gasteiger partial charge in [-0.05, 0) is 30.2 Å². The molecule has 0 aliphatic carbocycles. The number of ether oxygens (including phenoxy) is 4. The van der Waals surface area contributed by atoms with Crippen LogP contribution in [0.3, 0.4) is 0 Å². The van der Waals surface area contributed by atoms with Crippen molar-refractivity contribution in [3.8, 4) is 22.9 Å². The topological polar surface area (TPSA) is 111 Å². The van der Waals surface area contributed by atoms with Gasteiger partial charge < -0.3 is 23.5 Å². The largest absolute Gasteiger partial charge is 0.485 e. The summed E-state index contributed by atoms with van der Waals surface area (Å²) in [5, 5.41) is 3.90. The van der Waals surface area contributed by atoms with E-state index in [1.165, 1.54) is 0 Å². The predicted octanol–water partition coefficient (Wildman–Crippen LogP) is 1.78. The monoisotopic (exact) mass is 440 g/mol. The first-order chi connectivity index (χ1) is 15.7. The molecule has 0 saturated carbocycles. The van der Waals surface area contributed by atoms with E-state index < -0.39 is 0 Å². The summed E-state index contributed by atoms with van der Waals surface area (Å²) in [6.45, 7) is 4.61. The molecule has 10 nitrogen and oxygen atoms in total. The van der Waals surface area contributed by atoms with Crippen molar-refractivity contribution in [2.45, 2.75) is 39.0 Å². The Kier molecular flexibility index (Phi) is 5.87. The smallest absolute Gasteiger partial charge is 0.351 e. The lowest BCUT2D eigenvalue weighted by Gasteiger charge is -2.24. The SMILES string of the molecule is CCc1nc(COc2ccc3c(c2)CCn2c-3cc(OCC3COCCO3)nc2=O)no1. The van der Waals surface area contributed by atoms with Crippen molar-refractivity contribution in [3.63, 3.8) is 0 Å². The molecule has 2 aromatic heterocycles. The number of aromatic nitrogens is 4. The standard InChI is InChI=1S/C22H24N4O6/c1-2-20-23-19(25-32-20)13-30-15-3-4-17-14(9-15)5-6-26-18(17)10-21(24-22(26)27)31-12-16-11-28-7-8-29-16/h3-4,9-10,16H,2,5-8,11-13H2,1H3. The van der Waals surface area contributed by atoms with Crippen molar-refractivity contribution in [3.05, 3.63) is 52.0 Å². The van der Waals surface area contributed by atoms with E-state index in [1.807, 2.05) is 25.1 Å². The van der Waals surface area contributed by atoms with Gasteiger partial charge >= 0.3 is 5.69 Å². The number of fused-ring (bicyclic) bond motifs is 3. The van der Waals surface area contributed by atoms with E-state index >= 15 is 0 Å². The van der Waals surface area contributed by atoms with Gasteiger partial charge in [-0.3, -0.25) is 4.57 Å². The second-order valence-corrected chi connectivity index (χ2v) is 7.61. The van der Waals surface area contributed by atoms with Crippen LogP contribution in [0.1, 0.15) is 24.2 Å². The number of hydrogen-bond acceptors (Lipinski definition) is 9. The van der Waals surface area contributed by atoms with E-state index in [-0.39, 0.29) is 30.9 Å². The van der Waals surface area contributed by atoms with Gasteiger partial charge in [0.05, 0.1) is 25.5 Å². The van der Waals surface area contributed by atoms with E-state index in [1.54, 1.807) is 10.6 Å². The summed E-state index contributed by atoms with van der Waals surface area (Å²) in [5.74, 6) is 2.09. The maximum atomic E-state index is 12.6. The molecule has 4 heterocycles. The molecule has 5 rings (SSSR count). The Morgan fingerprint density at radius 2 is 2.12 bits per heavy atom. The minimum absolute atomic E-state index is 0.163. The van der Waals surface area contributed by atoms with Crippen molar-refractivity contribution in [2.75, 3.05) is 26.4 Å². The summed E-state index contributed by atoms with van der Waals surface area (Å²) >= 11 is 0. The Bertz CT molecular complexity index is 1150. The number of benzene rings is 1. The van der Waals surface area contributed by atoms with Crippen LogP contribution in [-0.2, 0) is 35.5 Å². The van der Waals surface area contributed by atoms with Gasteiger partial charge in [0.25, 0.3) is 0 Å². The van der Waals surface area contributed by atoms with Crippen molar-refractivity contribution < 1.29 is 23.5 Å². The Labute approximate surface area is 184 Å². The molecule has 2 aliphatic heterocycles. The molecule has 168 valence electrons. The summed E-state index contributed by atoms with van der Waals surface area (Å²) in [6.07, 6.45) is 1.23. The zero-order chi connectivity index (χ0) is 21.9. The van der Waals surface area contributed by atoms with Gasteiger partial charge in [-0.1, -0.05) is 12.1 Å². The molecule has 0 radical (unpaired) electrons. The number of nitrogens with zero attached hydrogens (tertiary/aromatic N) is 4. The normalized spacial score (nSPS) is 17.5. The highest BCUT2D eigenvalue weighted by Crippen LogP contribution is 2.32. The molecule has 2 aliphatic rings. The van der Waals surface area contributed by atoms with E-state index in [4.69, 9.17) is 23.5 Å². The quantitative estimate of drug-likeness (QED) is 0.543. The molecule has 10 heteroatoms. The molecule has 1 unspecified atom stereocenters. The molecule has 0 amide bonds. The van der Waals surface area contributed by atoms with Gasteiger partial charge in [-0.15, -0.1) is 0 Å². The fourth-order valence-electron chi connectivity index (χ4n) is 3.80. The van der Waals surface area contributed by atoms with Crippen LogP contribution in [0, 0.1) is 0 Å². The van der Waals surface area contributed by atoms with E-state index in [0.29, 0.717) is 56.7 Å². The van der Waals surface area contributed by atoms with Crippen molar-refractivity contribution >= 4 is 0 Å². The molecule has 1 saturated heterocycles. The molecular formula is C22H24N4O6.